The van der Waals surface area contributed by atoms with Crippen LogP contribution in [0.4, 0.5) is 10.1 Å². The maximum absolute atomic E-state index is 13.5. The Bertz CT molecular complexity index is 1120. The lowest BCUT2D eigenvalue weighted by Gasteiger charge is -2.47. The molecule has 0 unspecified atom stereocenters. The summed E-state index contributed by atoms with van der Waals surface area (Å²) < 4.78 is 18.1. The van der Waals surface area contributed by atoms with Crippen LogP contribution in [-0.2, 0) is 20.7 Å². The number of rotatable bonds is 8. The molecule has 1 saturated heterocycles. The summed E-state index contributed by atoms with van der Waals surface area (Å²) in [4.78, 5) is 26.2. The van der Waals surface area contributed by atoms with E-state index in [0.29, 0.717) is 5.69 Å². The van der Waals surface area contributed by atoms with Gasteiger partial charge >= 0.3 is 5.97 Å². The Morgan fingerprint density at radius 1 is 1.00 bits per heavy atom. The second-order valence-corrected chi connectivity index (χ2v) is 8.14. The maximum Gasteiger partial charge on any atom is 0.330 e. The number of hydrogen-bond acceptors (Lipinski definition) is 3. The third kappa shape index (κ3) is 5.20. The lowest BCUT2D eigenvalue weighted by atomic mass is 9.78. The highest BCUT2D eigenvalue weighted by Crippen LogP contribution is 2.45. The third-order valence-electron chi connectivity index (χ3n) is 6.03. The first kappa shape index (κ1) is 22.5. The monoisotopic (exact) mass is 443 g/mol. The highest BCUT2D eigenvalue weighted by Gasteiger charge is 2.48. The molecule has 0 aromatic heterocycles. The van der Waals surface area contributed by atoms with Crippen LogP contribution in [0.2, 0.25) is 0 Å². The number of carbonyl (C=O) groups is 2. The van der Waals surface area contributed by atoms with E-state index in [4.69, 9.17) is 0 Å². The van der Waals surface area contributed by atoms with Crippen LogP contribution in [-0.4, -0.2) is 19.0 Å². The summed E-state index contributed by atoms with van der Waals surface area (Å²) in [5, 5.41) is 0. The molecular weight excluding hydrogens is 417 g/mol. The van der Waals surface area contributed by atoms with Crippen molar-refractivity contribution in [3.8, 4) is 0 Å². The topological polar surface area (TPSA) is 46.6 Å². The zero-order valence-electron chi connectivity index (χ0n) is 18.5. The van der Waals surface area contributed by atoms with Crippen LogP contribution in [0.1, 0.15) is 35.6 Å². The first-order valence-electron chi connectivity index (χ1n) is 11.1. The van der Waals surface area contributed by atoms with Gasteiger partial charge in [0, 0.05) is 11.8 Å². The van der Waals surface area contributed by atoms with E-state index < -0.39 is 5.97 Å². The smallest absolute Gasteiger partial charge is 0.330 e. The summed E-state index contributed by atoms with van der Waals surface area (Å²) in [6.07, 6.45) is 5.68. The number of halogens is 1. The summed E-state index contributed by atoms with van der Waals surface area (Å²) in [5.41, 5.74) is 3.83. The van der Waals surface area contributed by atoms with Crippen LogP contribution in [0.15, 0.2) is 84.9 Å². The van der Waals surface area contributed by atoms with Crippen LogP contribution in [0.25, 0.3) is 6.08 Å². The maximum atomic E-state index is 13.5. The second-order valence-electron chi connectivity index (χ2n) is 8.14. The molecule has 0 saturated carbocycles. The number of hydrogen-bond donors (Lipinski definition) is 0. The van der Waals surface area contributed by atoms with Crippen molar-refractivity contribution >= 4 is 23.6 Å². The molecule has 0 bridgehead atoms. The molecule has 4 rings (SSSR count). The van der Waals surface area contributed by atoms with E-state index in [0.717, 1.165) is 30.4 Å². The minimum absolute atomic E-state index is 0.0642. The molecule has 0 radical (unpaired) electrons. The molecule has 1 aliphatic rings. The Morgan fingerprint density at radius 2 is 1.70 bits per heavy atom. The van der Waals surface area contributed by atoms with E-state index in [1.807, 2.05) is 42.5 Å². The van der Waals surface area contributed by atoms with E-state index >= 15 is 0 Å². The Kier molecular flexibility index (Phi) is 6.98. The van der Waals surface area contributed by atoms with Gasteiger partial charge in [-0.05, 0) is 66.3 Å². The van der Waals surface area contributed by atoms with E-state index in [9.17, 15) is 14.0 Å². The highest BCUT2D eigenvalue weighted by molar-refractivity contribution is 6.03. The van der Waals surface area contributed by atoms with Crippen molar-refractivity contribution in [3.63, 3.8) is 0 Å². The highest BCUT2D eigenvalue weighted by atomic mass is 19.1. The van der Waals surface area contributed by atoms with Gasteiger partial charge in [-0.15, -0.1) is 0 Å². The molecule has 0 spiro atoms. The molecule has 1 fully saturated rings. The first-order chi connectivity index (χ1) is 16.1. The Hall–Kier alpha value is -3.73. The fourth-order valence-corrected chi connectivity index (χ4v) is 4.31. The molecule has 1 amide bonds. The molecule has 33 heavy (non-hydrogen) atoms. The van der Waals surface area contributed by atoms with Crippen molar-refractivity contribution in [2.75, 3.05) is 12.0 Å². The standard InChI is InChI=1S/C28H26FNO3/c1-33-26(31)19-12-21-10-13-22(14-11-21)27-25(9-5-8-20-6-3-2-4-7-20)28(32)30(27)24-17-15-23(29)16-18-24/h2-4,6-7,10-19,25,27H,5,8-9H2,1H3/b19-12+/t25-,27-/m1/s1. The SMILES string of the molecule is COC(=O)/C=C/c1ccc([C@@H]2[C@@H](CCCc3ccccc3)C(=O)N2c2ccc(F)cc2)cc1. The average Bonchev–Trinajstić information content (AvgIpc) is 2.85. The number of anilines is 1. The molecule has 4 nitrogen and oxygen atoms in total. The summed E-state index contributed by atoms with van der Waals surface area (Å²) in [6, 6.07) is 24.0. The number of nitrogens with zero attached hydrogens (tertiary/aromatic N) is 1. The van der Waals surface area contributed by atoms with Crippen LogP contribution < -0.4 is 4.90 Å². The minimum atomic E-state index is -0.412. The van der Waals surface area contributed by atoms with Crippen LogP contribution in [0.3, 0.4) is 0 Å². The zero-order chi connectivity index (χ0) is 23.2. The summed E-state index contributed by atoms with van der Waals surface area (Å²) in [6.45, 7) is 0. The van der Waals surface area contributed by atoms with Crippen molar-refractivity contribution in [3.05, 3.63) is 107 Å². The van der Waals surface area contributed by atoms with Crippen molar-refractivity contribution in [1.29, 1.82) is 0 Å². The quantitative estimate of drug-likeness (QED) is 0.253. The van der Waals surface area contributed by atoms with E-state index in [-0.39, 0.29) is 23.7 Å². The molecule has 1 aliphatic heterocycles. The molecule has 1 heterocycles. The van der Waals surface area contributed by atoms with Gasteiger partial charge in [-0.2, -0.15) is 0 Å². The van der Waals surface area contributed by atoms with Crippen molar-refractivity contribution < 1.29 is 18.7 Å². The molecule has 3 aromatic carbocycles. The van der Waals surface area contributed by atoms with E-state index in [1.165, 1.54) is 30.9 Å². The molecule has 0 N–H and O–H groups in total. The van der Waals surface area contributed by atoms with Gasteiger partial charge in [0.1, 0.15) is 5.82 Å². The number of aryl methyl sites for hydroxylation is 1. The van der Waals surface area contributed by atoms with Gasteiger partial charge in [0.05, 0.1) is 19.1 Å². The molecular formula is C28H26FNO3. The fraction of sp³-hybridized carbons (Fsp3) is 0.214. The predicted octanol–water partition coefficient (Wildman–Crippen LogP) is 5.74. The number of benzene rings is 3. The van der Waals surface area contributed by atoms with Crippen LogP contribution in [0.5, 0.6) is 0 Å². The van der Waals surface area contributed by atoms with Crippen molar-refractivity contribution in [2.45, 2.75) is 25.3 Å². The summed E-state index contributed by atoms with van der Waals surface area (Å²) in [7, 11) is 1.34. The van der Waals surface area contributed by atoms with Gasteiger partial charge in [-0.3, -0.25) is 4.79 Å². The Labute approximate surface area is 193 Å². The van der Waals surface area contributed by atoms with Gasteiger partial charge in [0.2, 0.25) is 5.91 Å². The van der Waals surface area contributed by atoms with Crippen molar-refractivity contribution in [1.82, 2.24) is 0 Å². The number of carbonyl (C=O) groups excluding carboxylic acids is 2. The third-order valence-corrected chi connectivity index (χ3v) is 6.03. The van der Waals surface area contributed by atoms with Gasteiger partial charge in [0.25, 0.3) is 0 Å². The van der Waals surface area contributed by atoms with Gasteiger partial charge < -0.3 is 9.64 Å². The minimum Gasteiger partial charge on any atom is -0.466 e. The fourth-order valence-electron chi connectivity index (χ4n) is 4.31. The van der Waals surface area contributed by atoms with Crippen LogP contribution in [0, 0.1) is 11.7 Å². The predicted molar refractivity (Wildman–Crippen MR) is 127 cm³/mol. The normalized spacial score (nSPS) is 17.8. The van der Waals surface area contributed by atoms with Crippen molar-refractivity contribution in [2.24, 2.45) is 5.92 Å². The number of amides is 1. The average molecular weight is 444 g/mol. The molecule has 168 valence electrons. The van der Waals surface area contributed by atoms with Gasteiger partial charge in [-0.1, -0.05) is 54.6 Å². The second kappa shape index (κ2) is 10.3. The lowest BCUT2D eigenvalue weighted by Crippen LogP contribution is -2.55. The summed E-state index contributed by atoms with van der Waals surface area (Å²) >= 11 is 0. The summed E-state index contributed by atoms with van der Waals surface area (Å²) in [5.74, 6) is -0.807. The largest absolute Gasteiger partial charge is 0.466 e. The number of esters is 1. The number of ether oxygens (including phenoxy) is 1. The molecule has 2 atom stereocenters. The van der Waals surface area contributed by atoms with E-state index in [2.05, 4.69) is 16.9 Å². The van der Waals surface area contributed by atoms with E-state index in [1.54, 1.807) is 23.1 Å². The molecule has 3 aromatic rings. The van der Waals surface area contributed by atoms with Gasteiger partial charge in [0.15, 0.2) is 0 Å². The molecule has 5 heteroatoms. The Morgan fingerprint density at radius 3 is 2.36 bits per heavy atom. The first-order valence-corrected chi connectivity index (χ1v) is 11.1. The lowest BCUT2D eigenvalue weighted by molar-refractivity contribution is -0.134. The molecule has 0 aliphatic carbocycles. The number of methoxy groups -OCH3 is 1. The van der Waals surface area contributed by atoms with Gasteiger partial charge in [-0.25, -0.2) is 9.18 Å². The number of β-lactam (4-membered cyclic amide) rings is 1. The van der Waals surface area contributed by atoms with Crippen LogP contribution >= 0.6 is 0 Å². The Balaban J connectivity index is 1.53. The zero-order valence-corrected chi connectivity index (χ0v) is 18.5.